The monoisotopic (exact) mass is 264 g/mol. The summed E-state index contributed by atoms with van der Waals surface area (Å²) in [5.74, 6) is -0.749. The number of hydrogen-bond donors (Lipinski definition) is 1. The molecule has 1 aromatic carbocycles. The number of halogens is 2. The van der Waals surface area contributed by atoms with E-state index in [-0.39, 0.29) is 33.7 Å². The molecular formula is C10H10Cl2O4. The van der Waals surface area contributed by atoms with Crippen molar-refractivity contribution in [1.82, 2.24) is 0 Å². The number of esters is 1. The number of carbonyl (C=O) groups is 1. The van der Waals surface area contributed by atoms with Crippen LogP contribution in [-0.2, 0) is 4.79 Å². The molecule has 0 aliphatic rings. The molecule has 88 valence electrons. The van der Waals surface area contributed by atoms with Crippen LogP contribution in [0.3, 0.4) is 0 Å². The van der Waals surface area contributed by atoms with Crippen molar-refractivity contribution in [3.8, 4) is 17.2 Å². The number of benzene rings is 1. The molecular weight excluding hydrogens is 255 g/mol. The van der Waals surface area contributed by atoms with E-state index < -0.39 is 5.97 Å². The van der Waals surface area contributed by atoms with Crippen molar-refractivity contribution in [2.24, 2.45) is 0 Å². The van der Waals surface area contributed by atoms with E-state index in [9.17, 15) is 9.90 Å². The smallest absolute Gasteiger partial charge is 0.311 e. The molecule has 1 N–H and O–H groups in total. The lowest BCUT2D eigenvalue weighted by Gasteiger charge is -2.11. The quantitative estimate of drug-likeness (QED) is 0.674. The fourth-order valence-corrected chi connectivity index (χ4v) is 1.52. The Hall–Kier alpha value is -1.13. The first-order valence-corrected chi connectivity index (χ1v) is 5.22. The van der Waals surface area contributed by atoms with Crippen LogP contribution in [0.5, 0.6) is 17.2 Å². The Balaban J connectivity index is 3.20. The number of ether oxygens (including phenoxy) is 2. The maximum Gasteiger partial charge on any atom is 0.311 e. The van der Waals surface area contributed by atoms with Crippen molar-refractivity contribution in [1.29, 1.82) is 0 Å². The van der Waals surface area contributed by atoms with Crippen LogP contribution in [0.1, 0.15) is 13.3 Å². The molecule has 0 spiro atoms. The van der Waals surface area contributed by atoms with Gasteiger partial charge >= 0.3 is 5.97 Å². The molecule has 0 bridgehead atoms. The lowest BCUT2D eigenvalue weighted by Crippen LogP contribution is -2.06. The molecule has 0 aliphatic heterocycles. The third kappa shape index (κ3) is 2.51. The number of methoxy groups -OCH3 is 1. The van der Waals surface area contributed by atoms with Crippen molar-refractivity contribution >= 4 is 29.2 Å². The number of phenols is 1. The SMILES string of the molecule is CCC(=O)Oc1c(Cl)cc(OC)c(O)c1Cl. The summed E-state index contributed by atoms with van der Waals surface area (Å²) >= 11 is 11.6. The molecule has 0 saturated carbocycles. The van der Waals surface area contributed by atoms with Gasteiger partial charge in [0.15, 0.2) is 17.2 Å². The molecule has 0 aromatic heterocycles. The highest BCUT2D eigenvalue weighted by molar-refractivity contribution is 6.38. The van der Waals surface area contributed by atoms with Crippen LogP contribution in [0.4, 0.5) is 0 Å². The highest BCUT2D eigenvalue weighted by Crippen LogP contribution is 2.45. The fraction of sp³-hybridized carbons (Fsp3) is 0.300. The van der Waals surface area contributed by atoms with E-state index in [1.807, 2.05) is 0 Å². The number of hydrogen-bond acceptors (Lipinski definition) is 4. The molecule has 0 radical (unpaired) electrons. The van der Waals surface area contributed by atoms with Gasteiger partial charge in [-0.1, -0.05) is 30.1 Å². The first-order chi connectivity index (χ1) is 7.51. The molecule has 0 fully saturated rings. The van der Waals surface area contributed by atoms with E-state index in [4.69, 9.17) is 32.7 Å². The zero-order chi connectivity index (χ0) is 12.3. The number of aromatic hydroxyl groups is 1. The standard InChI is InChI=1S/C10H10Cl2O4/c1-3-7(13)16-10-5(11)4-6(15-2)9(14)8(10)12/h4,14H,3H2,1-2H3. The molecule has 0 aliphatic carbocycles. The van der Waals surface area contributed by atoms with Crippen LogP contribution in [0.2, 0.25) is 10.0 Å². The maximum atomic E-state index is 11.1. The molecule has 0 atom stereocenters. The fourth-order valence-electron chi connectivity index (χ4n) is 1.00. The Morgan fingerprint density at radius 2 is 2.12 bits per heavy atom. The van der Waals surface area contributed by atoms with Crippen LogP contribution in [-0.4, -0.2) is 18.2 Å². The zero-order valence-corrected chi connectivity index (χ0v) is 10.2. The first kappa shape index (κ1) is 12.9. The molecule has 0 heterocycles. The summed E-state index contributed by atoms with van der Waals surface area (Å²) in [6, 6.07) is 1.32. The number of phenolic OH excluding ortho intramolecular Hbond substituents is 1. The van der Waals surface area contributed by atoms with Gasteiger partial charge in [0.25, 0.3) is 0 Å². The molecule has 4 nitrogen and oxygen atoms in total. The van der Waals surface area contributed by atoms with Gasteiger partial charge in [-0.2, -0.15) is 0 Å². The average Bonchev–Trinajstić information content (AvgIpc) is 2.28. The Kier molecular flexibility index (Phi) is 4.26. The molecule has 6 heteroatoms. The number of rotatable bonds is 3. The third-order valence-electron chi connectivity index (χ3n) is 1.84. The zero-order valence-electron chi connectivity index (χ0n) is 8.71. The maximum absolute atomic E-state index is 11.1. The van der Waals surface area contributed by atoms with Crippen molar-refractivity contribution in [3.05, 3.63) is 16.1 Å². The summed E-state index contributed by atoms with van der Waals surface area (Å²) in [5, 5.41) is 9.53. The summed E-state index contributed by atoms with van der Waals surface area (Å²) in [6.07, 6.45) is 0.180. The summed E-state index contributed by atoms with van der Waals surface area (Å²) in [4.78, 5) is 11.1. The number of carbonyl (C=O) groups excluding carboxylic acids is 1. The van der Waals surface area contributed by atoms with E-state index in [1.54, 1.807) is 6.92 Å². The Morgan fingerprint density at radius 1 is 1.50 bits per heavy atom. The second kappa shape index (κ2) is 5.27. The van der Waals surface area contributed by atoms with Gasteiger partial charge in [-0.25, -0.2) is 0 Å². The van der Waals surface area contributed by atoms with Gasteiger partial charge in [-0.05, 0) is 0 Å². The van der Waals surface area contributed by atoms with Crippen LogP contribution in [0, 0.1) is 0 Å². The van der Waals surface area contributed by atoms with Crippen LogP contribution < -0.4 is 9.47 Å². The van der Waals surface area contributed by atoms with Gasteiger partial charge in [-0.15, -0.1) is 0 Å². The largest absolute Gasteiger partial charge is 0.503 e. The molecule has 1 rings (SSSR count). The molecule has 0 amide bonds. The first-order valence-electron chi connectivity index (χ1n) is 4.46. The van der Waals surface area contributed by atoms with Gasteiger partial charge in [0.05, 0.1) is 12.1 Å². The minimum absolute atomic E-state index is 0.0616. The van der Waals surface area contributed by atoms with Crippen molar-refractivity contribution < 1.29 is 19.4 Å². The van der Waals surface area contributed by atoms with E-state index >= 15 is 0 Å². The normalized spacial score (nSPS) is 10.0. The predicted molar refractivity (Wildman–Crippen MR) is 60.6 cm³/mol. The van der Waals surface area contributed by atoms with Gasteiger partial charge in [0, 0.05) is 12.5 Å². The van der Waals surface area contributed by atoms with Crippen molar-refractivity contribution in [2.75, 3.05) is 7.11 Å². The lowest BCUT2D eigenvalue weighted by atomic mass is 10.3. The molecule has 1 aromatic rings. The highest BCUT2D eigenvalue weighted by atomic mass is 35.5. The van der Waals surface area contributed by atoms with Crippen LogP contribution in [0.15, 0.2) is 6.07 Å². The Bertz CT molecular complexity index is 418. The van der Waals surface area contributed by atoms with Gasteiger partial charge in [-0.3, -0.25) is 4.79 Å². The summed E-state index contributed by atoms with van der Waals surface area (Å²) < 4.78 is 9.72. The second-order valence-electron chi connectivity index (χ2n) is 2.88. The van der Waals surface area contributed by atoms with E-state index in [0.717, 1.165) is 0 Å². The third-order valence-corrected chi connectivity index (χ3v) is 2.47. The topological polar surface area (TPSA) is 55.8 Å². The Labute approximate surface area is 103 Å². The molecule has 0 saturated heterocycles. The van der Waals surface area contributed by atoms with E-state index in [2.05, 4.69) is 0 Å². The van der Waals surface area contributed by atoms with E-state index in [1.165, 1.54) is 13.2 Å². The highest BCUT2D eigenvalue weighted by Gasteiger charge is 2.19. The predicted octanol–water partition coefficient (Wildman–Crippen LogP) is 3.02. The molecule has 16 heavy (non-hydrogen) atoms. The summed E-state index contributed by atoms with van der Waals surface area (Å²) in [7, 11) is 1.36. The summed E-state index contributed by atoms with van der Waals surface area (Å²) in [6.45, 7) is 1.63. The van der Waals surface area contributed by atoms with E-state index in [0.29, 0.717) is 0 Å². The second-order valence-corrected chi connectivity index (χ2v) is 3.67. The van der Waals surface area contributed by atoms with Crippen molar-refractivity contribution in [2.45, 2.75) is 13.3 Å². The van der Waals surface area contributed by atoms with Gasteiger partial charge in [0.2, 0.25) is 0 Å². The average molecular weight is 265 g/mol. The van der Waals surface area contributed by atoms with Gasteiger partial charge < -0.3 is 14.6 Å². The van der Waals surface area contributed by atoms with Gasteiger partial charge in [0.1, 0.15) is 5.02 Å². The van der Waals surface area contributed by atoms with Crippen LogP contribution in [0.25, 0.3) is 0 Å². The summed E-state index contributed by atoms with van der Waals surface area (Å²) in [5.41, 5.74) is 0. The Morgan fingerprint density at radius 3 is 2.62 bits per heavy atom. The minimum Gasteiger partial charge on any atom is -0.503 e. The molecule has 0 unspecified atom stereocenters. The van der Waals surface area contributed by atoms with Crippen LogP contribution >= 0.6 is 23.2 Å². The minimum atomic E-state index is -0.492. The van der Waals surface area contributed by atoms with Crippen molar-refractivity contribution in [3.63, 3.8) is 0 Å². The lowest BCUT2D eigenvalue weighted by molar-refractivity contribution is -0.134.